The Bertz CT molecular complexity index is 380. The number of aliphatic hydroxyl groups is 2. The van der Waals surface area contributed by atoms with Crippen molar-refractivity contribution in [3.8, 4) is 5.75 Å². The summed E-state index contributed by atoms with van der Waals surface area (Å²) in [5.74, 6) is 0.534. The summed E-state index contributed by atoms with van der Waals surface area (Å²) in [5, 5.41) is 16.8. The van der Waals surface area contributed by atoms with Gasteiger partial charge in [-0.2, -0.15) is 0 Å². The normalized spacial score (nSPS) is 11.6. The molecule has 0 fully saturated rings. The number of hydrogen-bond acceptors (Lipinski definition) is 3. The minimum absolute atomic E-state index is 0.250. The summed E-state index contributed by atoms with van der Waals surface area (Å²) in [5.41, 5.74) is 0. The van der Waals surface area contributed by atoms with Crippen molar-refractivity contribution < 1.29 is 14.9 Å². The molecule has 2 N–H and O–H groups in total. The average molecular weight is 579 g/mol. The van der Waals surface area contributed by atoms with Crippen LogP contribution < -0.4 is 4.74 Å². The second kappa shape index (κ2) is 9.31. The summed E-state index contributed by atoms with van der Waals surface area (Å²) >= 11 is 17.0. The predicted molar refractivity (Wildman–Crippen MR) is 90.0 cm³/mol. The van der Waals surface area contributed by atoms with Gasteiger partial charge in [0.1, 0.15) is 0 Å². The third-order valence-corrected chi connectivity index (χ3v) is 7.48. The zero-order valence-corrected chi connectivity index (χ0v) is 17.4. The molecule has 0 radical (unpaired) electrons. The standard InChI is InChI=1S/C8H5Br5O2.C2H6O/c1-2(14)15-8-6(12)4(10)3(9)5(11)7(8)13;1-2-3/h2,14H,1H3;3H,2H2,1H3. The van der Waals surface area contributed by atoms with Crippen LogP contribution in [0.4, 0.5) is 0 Å². The van der Waals surface area contributed by atoms with Gasteiger partial charge in [0.2, 0.25) is 0 Å². The maximum absolute atomic E-state index is 9.20. The van der Waals surface area contributed by atoms with Gasteiger partial charge in [-0.05, 0) is 93.5 Å². The van der Waals surface area contributed by atoms with E-state index in [4.69, 9.17) is 9.84 Å². The highest BCUT2D eigenvalue weighted by Gasteiger charge is 2.19. The predicted octanol–water partition coefficient (Wildman–Crippen LogP) is 5.21. The van der Waals surface area contributed by atoms with Crippen LogP contribution in [-0.4, -0.2) is 23.1 Å². The van der Waals surface area contributed by atoms with Crippen LogP contribution in [0.2, 0.25) is 0 Å². The van der Waals surface area contributed by atoms with Gasteiger partial charge >= 0.3 is 0 Å². The monoisotopic (exact) mass is 574 g/mol. The van der Waals surface area contributed by atoms with E-state index < -0.39 is 6.29 Å². The molecule has 104 valence electrons. The third-order valence-electron chi connectivity index (χ3n) is 1.46. The van der Waals surface area contributed by atoms with E-state index in [1.165, 1.54) is 0 Å². The second-order valence-electron chi connectivity index (χ2n) is 2.93. The van der Waals surface area contributed by atoms with E-state index in [0.29, 0.717) is 5.75 Å². The first-order valence-corrected chi connectivity index (χ1v) is 8.71. The van der Waals surface area contributed by atoms with Crippen molar-refractivity contribution >= 4 is 79.6 Å². The number of hydrogen-bond donors (Lipinski definition) is 2. The van der Waals surface area contributed by atoms with Crippen molar-refractivity contribution in [3.63, 3.8) is 0 Å². The van der Waals surface area contributed by atoms with Crippen LogP contribution in [0.15, 0.2) is 22.4 Å². The largest absolute Gasteiger partial charge is 0.463 e. The molecule has 0 aromatic heterocycles. The Hall–Kier alpha value is 1.34. The first-order valence-electron chi connectivity index (χ1n) is 4.74. The molecule has 3 nitrogen and oxygen atoms in total. The summed E-state index contributed by atoms with van der Waals surface area (Å²) < 4.78 is 9.21. The van der Waals surface area contributed by atoms with Crippen molar-refractivity contribution in [1.82, 2.24) is 0 Å². The average Bonchev–Trinajstić information content (AvgIpc) is 2.30. The molecule has 0 heterocycles. The van der Waals surface area contributed by atoms with Gasteiger partial charge in [0.15, 0.2) is 12.0 Å². The Morgan fingerprint density at radius 2 is 1.22 bits per heavy atom. The van der Waals surface area contributed by atoms with Crippen LogP contribution in [0.3, 0.4) is 0 Å². The Labute approximate surface area is 148 Å². The Kier molecular flexibility index (Phi) is 10.0. The highest BCUT2D eigenvalue weighted by molar-refractivity contribution is 9.15. The summed E-state index contributed by atoms with van der Waals surface area (Å²) in [7, 11) is 0. The lowest BCUT2D eigenvalue weighted by Crippen LogP contribution is -2.10. The zero-order chi connectivity index (χ0) is 14.5. The molecule has 1 unspecified atom stereocenters. The van der Waals surface area contributed by atoms with Crippen molar-refractivity contribution in [2.24, 2.45) is 0 Å². The minimum Gasteiger partial charge on any atom is -0.463 e. The van der Waals surface area contributed by atoms with Crippen LogP contribution in [0, 0.1) is 0 Å². The fourth-order valence-corrected chi connectivity index (χ4v) is 4.06. The van der Waals surface area contributed by atoms with E-state index in [0.717, 1.165) is 22.4 Å². The molecule has 0 spiro atoms. The quantitative estimate of drug-likeness (QED) is 0.288. The van der Waals surface area contributed by atoms with Gasteiger partial charge in [-0.25, -0.2) is 0 Å². The summed E-state index contributed by atoms with van der Waals surface area (Å²) in [6.45, 7) is 3.47. The van der Waals surface area contributed by atoms with Crippen LogP contribution >= 0.6 is 79.6 Å². The van der Waals surface area contributed by atoms with Crippen molar-refractivity contribution in [1.29, 1.82) is 0 Å². The molecule has 0 bridgehead atoms. The van der Waals surface area contributed by atoms with Gasteiger partial charge in [0, 0.05) is 11.1 Å². The number of halogens is 5. The van der Waals surface area contributed by atoms with Crippen LogP contribution in [0.1, 0.15) is 13.8 Å². The van der Waals surface area contributed by atoms with Gasteiger partial charge in [0.25, 0.3) is 0 Å². The maximum Gasteiger partial charge on any atom is 0.194 e. The van der Waals surface area contributed by atoms with E-state index in [-0.39, 0.29) is 6.61 Å². The van der Waals surface area contributed by atoms with Crippen molar-refractivity contribution in [3.05, 3.63) is 22.4 Å². The molecule has 1 rings (SSSR count). The molecule has 18 heavy (non-hydrogen) atoms. The minimum atomic E-state index is -0.877. The van der Waals surface area contributed by atoms with E-state index in [2.05, 4.69) is 79.6 Å². The highest BCUT2D eigenvalue weighted by Crippen LogP contribution is 2.48. The Balaban J connectivity index is 0.000000873. The van der Waals surface area contributed by atoms with Crippen LogP contribution in [0.25, 0.3) is 0 Å². The third kappa shape index (κ3) is 5.38. The highest BCUT2D eigenvalue weighted by atomic mass is 79.9. The molecule has 1 atom stereocenters. The second-order valence-corrected chi connectivity index (χ2v) is 6.90. The van der Waals surface area contributed by atoms with E-state index in [1.807, 2.05) is 0 Å². The molecule has 0 aliphatic carbocycles. The number of rotatable bonds is 2. The summed E-state index contributed by atoms with van der Waals surface area (Å²) in [6.07, 6.45) is -0.877. The molecule has 1 aromatic rings. The van der Waals surface area contributed by atoms with Gasteiger partial charge in [0.05, 0.1) is 17.9 Å². The van der Waals surface area contributed by atoms with Gasteiger partial charge < -0.3 is 14.9 Å². The van der Waals surface area contributed by atoms with E-state index in [9.17, 15) is 5.11 Å². The fraction of sp³-hybridized carbons (Fsp3) is 0.400. The first kappa shape index (κ1) is 19.3. The lowest BCUT2D eigenvalue weighted by atomic mass is 10.3. The van der Waals surface area contributed by atoms with E-state index in [1.54, 1.807) is 13.8 Å². The maximum atomic E-state index is 9.20. The van der Waals surface area contributed by atoms with Crippen molar-refractivity contribution in [2.45, 2.75) is 20.1 Å². The number of benzene rings is 1. The number of aliphatic hydroxyl groups excluding tert-OH is 2. The molecule has 0 aliphatic rings. The molecular formula is C10H11Br5O3. The van der Waals surface area contributed by atoms with Crippen molar-refractivity contribution in [2.75, 3.05) is 6.61 Å². The Morgan fingerprint density at radius 3 is 1.50 bits per heavy atom. The zero-order valence-electron chi connectivity index (χ0n) is 9.48. The molecule has 0 amide bonds. The SMILES string of the molecule is CC(O)Oc1c(Br)c(Br)c(Br)c(Br)c1Br.CCO. The lowest BCUT2D eigenvalue weighted by molar-refractivity contribution is -0.00156. The van der Waals surface area contributed by atoms with E-state index >= 15 is 0 Å². The van der Waals surface area contributed by atoms with Gasteiger partial charge in [-0.3, -0.25) is 0 Å². The molecule has 0 saturated heterocycles. The molecule has 1 aromatic carbocycles. The molecule has 0 saturated carbocycles. The summed E-state index contributed by atoms with van der Waals surface area (Å²) in [6, 6.07) is 0. The smallest absolute Gasteiger partial charge is 0.194 e. The Morgan fingerprint density at radius 1 is 0.944 bits per heavy atom. The molecular weight excluding hydrogens is 568 g/mol. The number of ether oxygens (including phenoxy) is 1. The van der Waals surface area contributed by atoms with Gasteiger partial charge in [-0.15, -0.1) is 0 Å². The summed E-state index contributed by atoms with van der Waals surface area (Å²) in [4.78, 5) is 0. The van der Waals surface area contributed by atoms with Gasteiger partial charge in [-0.1, -0.05) is 0 Å². The topological polar surface area (TPSA) is 49.7 Å². The fourth-order valence-electron chi connectivity index (χ4n) is 0.859. The van der Waals surface area contributed by atoms with Crippen LogP contribution in [0.5, 0.6) is 5.75 Å². The molecule has 0 aliphatic heterocycles. The van der Waals surface area contributed by atoms with Crippen LogP contribution in [-0.2, 0) is 0 Å². The lowest BCUT2D eigenvalue weighted by Gasteiger charge is -2.16. The molecule has 8 heteroatoms. The first-order chi connectivity index (χ1) is 8.27.